The zero-order valence-electron chi connectivity index (χ0n) is 3.00. The van der Waals surface area contributed by atoms with Gasteiger partial charge < -0.3 is 14.7 Å². The number of hydrogen-bond donors (Lipinski definition) is 3. The number of hydrogen-bond acceptors (Lipinski definition) is 1. The molecule has 0 rings (SSSR count). The Labute approximate surface area is 87.0 Å². The molecule has 0 aliphatic rings. The van der Waals surface area contributed by atoms with Crippen LogP contribution in [0, 0.1) is 0 Å². The van der Waals surface area contributed by atoms with E-state index < -0.39 is 7.82 Å². The van der Waals surface area contributed by atoms with Crippen LogP contribution < -0.4 is 0 Å². The van der Waals surface area contributed by atoms with Gasteiger partial charge in [0.05, 0.1) is 0 Å². The van der Waals surface area contributed by atoms with E-state index in [1.165, 1.54) is 0 Å². The van der Waals surface area contributed by atoms with Gasteiger partial charge in [-0.2, -0.15) is 0 Å². The van der Waals surface area contributed by atoms with Crippen LogP contribution in [0.15, 0.2) is 0 Å². The van der Waals surface area contributed by atoms with Gasteiger partial charge in [-0.3, -0.25) is 0 Å². The monoisotopic (exact) mass is 281 g/mol. The van der Waals surface area contributed by atoms with Gasteiger partial charge in [-0.25, -0.2) is 4.57 Å². The summed E-state index contributed by atoms with van der Waals surface area (Å²) in [5, 5.41) is 0. The van der Waals surface area contributed by atoms with Crippen LogP contribution in [-0.2, 0) is 47.8 Å². The summed E-state index contributed by atoms with van der Waals surface area (Å²) < 4.78 is 8.88. The second-order valence-electron chi connectivity index (χ2n) is 0.513. The van der Waals surface area contributed by atoms with Gasteiger partial charge >= 0.3 is 7.82 Å². The molecule has 0 spiro atoms. The van der Waals surface area contributed by atoms with Crippen molar-refractivity contribution in [2.75, 3.05) is 0 Å². The molecule has 0 atom stereocenters. The summed E-state index contributed by atoms with van der Waals surface area (Å²) in [6.45, 7) is 0. The van der Waals surface area contributed by atoms with Gasteiger partial charge in [0.25, 0.3) is 0 Å². The van der Waals surface area contributed by atoms with E-state index in [9.17, 15) is 0 Å². The van der Waals surface area contributed by atoms with Crippen molar-refractivity contribution >= 4 is 25.2 Å². The molecular weight excluding hydrogens is 277 g/mol. The van der Waals surface area contributed by atoms with Gasteiger partial charge in [0, 0.05) is 43.3 Å². The Morgan fingerprint density at radius 2 is 1.12 bits per heavy atom. The SMILES string of the molecule is O=P(O)(O)O.[AlH3].[Cu].[Zr]. The first-order chi connectivity index (χ1) is 2.00. The Kier molecular flexibility index (Phi) is 25.4. The van der Waals surface area contributed by atoms with Crippen molar-refractivity contribution in [3.63, 3.8) is 0 Å². The molecule has 1 radical (unpaired) electrons. The van der Waals surface area contributed by atoms with Crippen molar-refractivity contribution in [3.8, 4) is 0 Å². The predicted molar refractivity (Wildman–Crippen MR) is 24.2 cm³/mol. The maximum Gasteiger partial charge on any atom is 0.466 e. The first-order valence-corrected chi connectivity index (χ1v) is 2.35. The summed E-state index contributed by atoms with van der Waals surface area (Å²) in [5.41, 5.74) is 0. The summed E-state index contributed by atoms with van der Waals surface area (Å²) in [7, 11) is -4.64. The van der Waals surface area contributed by atoms with Crippen LogP contribution in [0.3, 0.4) is 0 Å². The molecule has 0 aromatic carbocycles. The van der Waals surface area contributed by atoms with Crippen molar-refractivity contribution < 1.29 is 62.5 Å². The minimum atomic E-state index is -4.64. The predicted octanol–water partition coefficient (Wildman–Crippen LogP) is -2.12. The van der Waals surface area contributed by atoms with Crippen LogP contribution in [0.4, 0.5) is 0 Å². The van der Waals surface area contributed by atoms with Gasteiger partial charge in [0.1, 0.15) is 0 Å². The molecule has 0 fully saturated rings. The van der Waals surface area contributed by atoms with E-state index in [1.807, 2.05) is 0 Å². The maximum absolute atomic E-state index is 8.88. The summed E-state index contributed by atoms with van der Waals surface area (Å²) in [5.74, 6) is 0. The van der Waals surface area contributed by atoms with Crippen LogP contribution in [-0.4, -0.2) is 32.0 Å². The summed E-state index contributed by atoms with van der Waals surface area (Å²) >= 11 is 0. The first-order valence-electron chi connectivity index (χ1n) is 0.783. The molecule has 0 bridgehead atoms. The molecule has 8 heavy (non-hydrogen) atoms. The fraction of sp³-hybridized carbons (Fsp3) is 0. The Morgan fingerprint density at radius 1 is 1.12 bits per heavy atom. The average molecular weight is 283 g/mol. The maximum atomic E-state index is 8.88. The zero-order chi connectivity index (χ0) is 4.50. The number of rotatable bonds is 0. The molecule has 0 aliphatic heterocycles. The van der Waals surface area contributed by atoms with E-state index in [1.54, 1.807) is 0 Å². The minimum absolute atomic E-state index is 0. The smallest absolute Gasteiger partial charge is 0.303 e. The summed E-state index contributed by atoms with van der Waals surface area (Å²) in [4.78, 5) is 21.6. The minimum Gasteiger partial charge on any atom is -0.303 e. The van der Waals surface area contributed by atoms with Crippen molar-refractivity contribution in [1.82, 2.24) is 0 Å². The van der Waals surface area contributed by atoms with Crippen LogP contribution in [0.5, 0.6) is 0 Å². The molecule has 0 saturated carbocycles. The van der Waals surface area contributed by atoms with Crippen molar-refractivity contribution in [2.45, 2.75) is 0 Å². The normalized spacial score (nSPS) is 7.38. The molecule has 0 aliphatic carbocycles. The molecule has 53 valence electrons. The Morgan fingerprint density at radius 3 is 1.12 bits per heavy atom. The summed E-state index contributed by atoms with van der Waals surface area (Å²) in [6, 6.07) is 0. The van der Waals surface area contributed by atoms with Crippen molar-refractivity contribution in [2.24, 2.45) is 0 Å². The second kappa shape index (κ2) is 9.05. The molecule has 0 unspecified atom stereocenters. The largest absolute Gasteiger partial charge is 0.466 e. The molecule has 0 aromatic heterocycles. The van der Waals surface area contributed by atoms with Gasteiger partial charge in [0.2, 0.25) is 0 Å². The second-order valence-corrected chi connectivity index (χ2v) is 1.54. The van der Waals surface area contributed by atoms with E-state index in [2.05, 4.69) is 0 Å². The fourth-order valence-corrected chi connectivity index (χ4v) is 0. The number of phosphoric acid groups is 1. The van der Waals surface area contributed by atoms with E-state index in [4.69, 9.17) is 19.2 Å². The third-order valence-corrected chi connectivity index (χ3v) is 0. The van der Waals surface area contributed by atoms with Gasteiger partial charge in [-0.05, 0) is 0 Å². The van der Waals surface area contributed by atoms with Crippen molar-refractivity contribution in [1.29, 1.82) is 0 Å². The van der Waals surface area contributed by atoms with Gasteiger partial charge in [-0.15, -0.1) is 0 Å². The zero-order valence-corrected chi connectivity index (χ0v) is 7.29. The molecule has 8 heteroatoms. The Bertz CT molecular complexity index is 62.2. The quantitative estimate of drug-likeness (QED) is 0.351. The van der Waals surface area contributed by atoms with E-state index >= 15 is 0 Å². The van der Waals surface area contributed by atoms with Crippen LogP contribution in [0.2, 0.25) is 0 Å². The van der Waals surface area contributed by atoms with Crippen LogP contribution >= 0.6 is 7.82 Å². The van der Waals surface area contributed by atoms with Crippen molar-refractivity contribution in [3.05, 3.63) is 0 Å². The van der Waals surface area contributed by atoms with Gasteiger partial charge in [0.15, 0.2) is 17.4 Å². The Balaban J connectivity index is -0.0000000267. The molecule has 4 nitrogen and oxygen atoms in total. The molecule has 0 saturated heterocycles. The molecular formula is H6AlCuO4PZr. The van der Waals surface area contributed by atoms with Crippen LogP contribution in [0.1, 0.15) is 0 Å². The molecule has 0 heterocycles. The van der Waals surface area contributed by atoms with E-state index in [0.717, 1.165) is 0 Å². The fourth-order valence-electron chi connectivity index (χ4n) is 0. The van der Waals surface area contributed by atoms with E-state index in [-0.39, 0.29) is 60.6 Å². The third-order valence-electron chi connectivity index (χ3n) is 0. The topological polar surface area (TPSA) is 77.8 Å². The van der Waals surface area contributed by atoms with E-state index in [0.29, 0.717) is 0 Å². The van der Waals surface area contributed by atoms with Crippen LogP contribution in [0.25, 0.3) is 0 Å². The van der Waals surface area contributed by atoms with Gasteiger partial charge in [-0.1, -0.05) is 0 Å². The standard InChI is InChI=1S/Al.Cu.H3O4P.Zr.3H/c;;1-5(2,3)4;;;;/h;;(H3,1,2,3,4);;;;. The average Bonchev–Trinajstić information content (AvgIpc) is 0.722. The molecule has 3 N–H and O–H groups in total. The Hall–Kier alpha value is 2.05. The first kappa shape index (κ1) is 22.5. The third kappa shape index (κ3) is 95.5. The molecule has 0 amide bonds. The molecule has 0 aromatic rings. The summed E-state index contributed by atoms with van der Waals surface area (Å²) in [6.07, 6.45) is 0.